The first-order valence-electron chi connectivity index (χ1n) is 9.21. The highest BCUT2D eigenvalue weighted by molar-refractivity contribution is 8.26. The molecule has 1 aromatic rings. The number of rotatable bonds is 7. The molecule has 0 radical (unpaired) electrons. The van der Waals surface area contributed by atoms with Crippen LogP contribution in [-0.2, 0) is 9.59 Å². The molecule has 3 rings (SSSR count). The van der Waals surface area contributed by atoms with E-state index in [1.807, 2.05) is 24.3 Å². The number of likely N-dealkylation sites (N-methyl/N-ethyl adjacent to an activating group) is 1. The van der Waals surface area contributed by atoms with Gasteiger partial charge in [-0.05, 0) is 12.5 Å². The minimum absolute atomic E-state index is 0.123. The second-order valence-electron chi connectivity index (χ2n) is 6.68. The van der Waals surface area contributed by atoms with Crippen molar-refractivity contribution in [3.63, 3.8) is 0 Å². The van der Waals surface area contributed by atoms with Gasteiger partial charge >= 0.3 is 0 Å². The molecular weight excluding hydrogens is 364 g/mol. The smallest absolute Gasteiger partial charge is 0.267 e. The fourth-order valence-electron chi connectivity index (χ4n) is 3.38. The maximum Gasteiger partial charge on any atom is 0.267 e. The number of hydrogen-bond donors (Lipinski definition) is 0. The van der Waals surface area contributed by atoms with E-state index in [4.69, 9.17) is 12.2 Å². The molecule has 0 unspecified atom stereocenters. The van der Waals surface area contributed by atoms with E-state index >= 15 is 0 Å². The van der Waals surface area contributed by atoms with Gasteiger partial charge in [-0.25, -0.2) is 0 Å². The summed E-state index contributed by atoms with van der Waals surface area (Å²) in [5, 5.41) is 0. The highest BCUT2D eigenvalue weighted by Crippen LogP contribution is 2.43. The molecule has 2 amide bonds. The van der Waals surface area contributed by atoms with Gasteiger partial charge in [0.25, 0.3) is 11.8 Å². The van der Waals surface area contributed by atoms with Gasteiger partial charge in [0.2, 0.25) is 0 Å². The largest absolute Gasteiger partial charge is 0.311 e. The van der Waals surface area contributed by atoms with Crippen LogP contribution in [0.4, 0.5) is 5.69 Å². The standard InChI is InChI=1S/C20H24N2O2S2/c1-3-4-5-6-7-10-13-22-19(24)17(26-20(22)25)16-14-11-8-9-12-15(14)21(2)18(16)23/h8-9,11-12H,3-7,10,13H2,1-2H3/b17-16+. The molecule has 2 heterocycles. The van der Waals surface area contributed by atoms with Gasteiger partial charge in [-0.1, -0.05) is 81.2 Å². The SMILES string of the molecule is CCCCCCCCN1C(=O)/C(=C2\C(=O)N(C)c3ccccc32)SC1=S. The number of para-hydroxylation sites is 1. The Morgan fingerprint density at radius 2 is 1.69 bits per heavy atom. The van der Waals surface area contributed by atoms with E-state index in [-0.39, 0.29) is 11.8 Å². The lowest BCUT2D eigenvalue weighted by atomic mass is 10.1. The average molecular weight is 389 g/mol. The monoisotopic (exact) mass is 388 g/mol. The third-order valence-electron chi connectivity index (χ3n) is 4.86. The number of carbonyl (C=O) groups is 2. The molecular formula is C20H24N2O2S2. The number of nitrogens with zero attached hydrogens (tertiary/aromatic N) is 2. The van der Waals surface area contributed by atoms with Crippen molar-refractivity contribution in [2.24, 2.45) is 0 Å². The van der Waals surface area contributed by atoms with Crippen molar-refractivity contribution in [2.45, 2.75) is 45.4 Å². The third kappa shape index (κ3) is 3.58. The highest BCUT2D eigenvalue weighted by atomic mass is 32.2. The van der Waals surface area contributed by atoms with E-state index in [1.165, 1.54) is 37.4 Å². The molecule has 1 fully saturated rings. The normalized spacial score (nSPS) is 19.7. The second kappa shape index (κ2) is 8.35. The molecule has 0 aromatic heterocycles. The lowest BCUT2D eigenvalue weighted by molar-refractivity contribution is -0.122. The fourth-order valence-corrected chi connectivity index (χ4v) is 4.76. The zero-order valence-corrected chi connectivity index (χ0v) is 16.9. The van der Waals surface area contributed by atoms with Crippen LogP contribution < -0.4 is 4.90 Å². The van der Waals surface area contributed by atoms with Gasteiger partial charge in [0, 0.05) is 19.2 Å². The molecule has 1 aromatic carbocycles. The number of unbranched alkanes of at least 4 members (excludes halogenated alkanes) is 5. The third-order valence-corrected chi connectivity index (χ3v) is 6.31. The van der Waals surface area contributed by atoms with Crippen LogP contribution in [0, 0.1) is 0 Å². The molecule has 1 saturated heterocycles. The van der Waals surface area contributed by atoms with E-state index in [0.29, 0.717) is 21.3 Å². The molecule has 6 heteroatoms. The Morgan fingerprint density at radius 3 is 2.46 bits per heavy atom. The second-order valence-corrected chi connectivity index (χ2v) is 8.32. The summed E-state index contributed by atoms with van der Waals surface area (Å²) in [5.41, 5.74) is 2.15. The first-order chi connectivity index (χ1) is 12.6. The molecule has 2 aliphatic rings. The molecule has 0 saturated carbocycles. The topological polar surface area (TPSA) is 40.6 Å². The van der Waals surface area contributed by atoms with Crippen LogP contribution in [0.3, 0.4) is 0 Å². The quantitative estimate of drug-likeness (QED) is 0.389. The van der Waals surface area contributed by atoms with Gasteiger partial charge < -0.3 is 4.90 Å². The molecule has 0 bridgehead atoms. The van der Waals surface area contributed by atoms with Crippen LogP contribution in [0.1, 0.15) is 51.0 Å². The Bertz CT molecular complexity index is 773. The van der Waals surface area contributed by atoms with Gasteiger partial charge in [-0.3, -0.25) is 14.5 Å². The minimum atomic E-state index is -0.133. The number of benzene rings is 1. The Morgan fingerprint density at radius 1 is 1.00 bits per heavy atom. The molecule has 4 nitrogen and oxygen atoms in total. The van der Waals surface area contributed by atoms with Gasteiger partial charge in [-0.15, -0.1) is 0 Å². The molecule has 0 aliphatic carbocycles. The maximum atomic E-state index is 12.9. The average Bonchev–Trinajstić information content (AvgIpc) is 3.05. The first-order valence-corrected chi connectivity index (χ1v) is 10.4. The Hall–Kier alpha value is -1.66. The lowest BCUT2D eigenvalue weighted by Gasteiger charge is -2.14. The van der Waals surface area contributed by atoms with Crippen molar-refractivity contribution in [3.8, 4) is 0 Å². The zero-order valence-electron chi connectivity index (χ0n) is 15.3. The molecule has 0 spiro atoms. The van der Waals surface area contributed by atoms with E-state index in [1.54, 1.807) is 16.8 Å². The van der Waals surface area contributed by atoms with E-state index < -0.39 is 0 Å². The number of thioether (sulfide) groups is 1. The lowest BCUT2D eigenvalue weighted by Crippen LogP contribution is -2.29. The van der Waals surface area contributed by atoms with E-state index in [2.05, 4.69) is 6.92 Å². The summed E-state index contributed by atoms with van der Waals surface area (Å²) < 4.78 is 0.561. The number of fused-ring (bicyclic) bond motifs is 1. The fraction of sp³-hybridized carbons (Fsp3) is 0.450. The van der Waals surface area contributed by atoms with E-state index in [0.717, 1.165) is 24.1 Å². The first kappa shape index (κ1) is 19.1. The summed E-state index contributed by atoms with van der Waals surface area (Å²) >= 11 is 6.69. The predicted molar refractivity (Wildman–Crippen MR) is 112 cm³/mol. The molecule has 138 valence electrons. The Balaban J connectivity index is 1.75. The van der Waals surface area contributed by atoms with Crippen LogP contribution in [-0.4, -0.2) is 34.6 Å². The number of amides is 2. The number of thiocarbonyl (C=S) groups is 1. The Kier molecular flexibility index (Phi) is 6.14. The summed E-state index contributed by atoms with van der Waals surface area (Å²) in [6.45, 7) is 2.84. The highest BCUT2D eigenvalue weighted by Gasteiger charge is 2.40. The van der Waals surface area contributed by atoms with Gasteiger partial charge in [0.05, 0.1) is 16.2 Å². The molecule has 2 aliphatic heterocycles. The number of hydrogen-bond acceptors (Lipinski definition) is 4. The van der Waals surface area contributed by atoms with Crippen molar-refractivity contribution < 1.29 is 9.59 Å². The molecule has 0 atom stereocenters. The maximum absolute atomic E-state index is 12.9. The van der Waals surface area contributed by atoms with Crippen LogP contribution in [0.2, 0.25) is 0 Å². The van der Waals surface area contributed by atoms with Crippen LogP contribution in [0.25, 0.3) is 5.57 Å². The van der Waals surface area contributed by atoms with Crippen molar-refractivity contribution in [1.82, 2.24) is 4.90 Å². The summed E-state index contributed by atoms with van der Waals surface area (Å²) in [7, 11) is 1.74. The van der Waals surface area contributed by atoms with Crippen molar-refractivity contribution in [1.29, 1.82) is 0 Å². The molecule has 0 N–H and O–H groups in total. The van der Waals surface area contributed by atoms with Crippen LogP contribution in [0.15, 0.2) is 29.2 Å². The van der Waals surface area contributed by atoms with Crippen molar-refractivity contribution >= 4 is 51.4 Å². The van der Waals surface area contributed by atoms with Crippen LogP contribution >= 0.6 is 24.0 Å². The minimum Gasteiger partial charge on any atom is -0.311 e. The van der Waals surface area contributed by atoms with Crippen LogP contribution in [0.5, 0.6) is 0 Å². The predicted octanol–water partition coefficient (Wildman–Crippen LogP) is 4.59. The summed E-state index contributed by atoms with van der Waals surface area (Å²) in [4.78, 5) is 29.4. The summed E-state index contributed by atoms with van der Waals surface area (Å²) in [6.07, 6.45) is 6.99. The van der Waals surface area contributed by atoms with E-state index in [9.17, 15) is 9.59 Å². The zero-order chi connectivity index (χ0) is 18.7. The number of carbonyl (C=O) groups excluding carboxylic acids is 2. The number of anilines is 1. The molecule has 26 heavy (non-hydrogen) atoms. The Labute approximate surface area is 164 Å². The van der Waals surface area contributed by atoms with Gasteiger partial charge in [0.1, 0.15) is 4.32 Å². The van der Waals surface area contributed by atoms with Crippen molar-refractivity contribution in [3.05, 3.63) is 34.7 Å². The van der Waals surface area contributed by atoms with Crippen molar-refractivity contribution in [2.75, 3.05) is 18.5 Å². The van der Waals surface area contributed by atoms with Gasteiger partial charge in [-0.2, -0.15) is 0 Å². The summed E-state index contributed by atoms with van der Waals surface area (Å²) in [6, 6.07) is 7.58. The summed E-state index contributed by atoms with van der Waals surface area (Å²) in [5.74, 6) is -0.256. The van der Waals surface area contributed by atoms with Gasteiger partial charge in [0.15, 0.2) is 0 Å².